The van der Waals surface area contributed by atoms with E-state index in [1.54, 1.807) is 12.3 Å². The van der Waals surface area contributed by atoms with Gasteiger partial charge in [0.25, 0.3) is 0 Å². The van der Waals surface area contributed by atoms with Crippen LogP contribution in [-0.4, -0.2) is 67.8 Å². The lowest BCUT2D eigenvalue weighted by atomic mass is 9.82. The minimum atomic E-state index is -2.84. The van der Waals surface area contributed by atoms with Crippen LogP contribution in [0.4, 0.5) is 16.0 Å². The zero-order chi connectivity index (χ0) is 27.5. The van der Waals surface area contributed by atoms with Gasteiger partial charge in [-0.05, 0) is 75.0 Å². The molecular weight excluding hydrogens is 541 g/mol. The maximum Gasteiger partial charge on any atom is 0.165 e. The number of pyridine rings is 2. The van der Waals surface area contributed by atoms with E-state index in [4.69, 9.17) is 16.3 Å². The summed E-state index contributed by atoms with van der Waals surface area (Å²) in [6.45, 7) is 4.26. The van der Waals surface area contributed by atoms with Gasteiger partial charge < -0.3 is 20.7 Å². The summed E-state index contributed by atoms with van der Waals surface area (Å²) >= 11 is 6.51. The SMILES string of the molecule is CC1(CNc2nc(-c3cc(N[C@H]4CC[C@H](NC5CCS(=O)(=O)CC5)CC4)ncc3Cl)ccc2F)CCOCC1. The molecule has 1 aliphatic carbocycles. The fraction of sp³-hybridized carbons (Fsp3) is 0.643. The third kappa shape index (κ3) is 7.60. The normalized spacial score (nSPS) is 25.2. The van der Waals surface area contributed by atoms with Crippen molar-refractivity contribution in [3.63, 3.8) is 0 Å². The minimum Gasteiger partial charge on any atom is -0.381 e. The summed E-state index contributed by atoms with van der Waals surface area (Å²) in [5.74, 6) is 1.14. The summed E-state index contributed by atoms with van der Waals surface area (Å²) in [5, 5.41) is 10.9. The van der Waals surface area contributed by atoms with E-state index in [-0.39, 0.29) is 17.3 Å². The average Bonchev–Trinajstić information content (AvgIpc) is 2.92. The number of nitrogens with one attached hydrogen (secondary N) is 3. The summed E-state index contributed by atoms with van der Waals surface area (Å²) in [6.07, 6.45) is 8.93. The van der Waals surface area contributed by atoms with Crippen molar-refractivity contribution >= 4 is 33.1 Å². The van der Waals surface area contributed by atoms with Crippen molar-refractivity contribution in [2.75, 3.05) is 41.9 Å². The van der Waals surface area contributed by atoms with Crippen LogP contribution in [0.3, 0.4) is 0 Å². The first-order valence-electron chi connectivity index (χ1n) is 14.1. The Kier molecular flexibility index (Phi) is 8.95. The van der Waals surface area contributed by atoms with Gasteiger partial charge in [0, 0.05) is 49.6 Å². The van der Waals surface area contributed by atoms with E-state index in [1.807, 2.05) is 6.07 Å². The zero-order valence-electron chi connectivity index (χ0n) is 22.5. The molecular formula is C28H39ClFN5O3S. The molecule has 5 rings (SSSR count). The molecule has 3 N–H and O–H groups in total. The average molecular weight is 580 g/mol. The van der Waals surface area contributed by atoms with Crippen molar-refractivity contribution in [1.29, 1.82) is 0 Å². The van der Waals surface area contributed by atoms with E-state index in [1.165, 1.54) is 6.07 Å². The summed E-state index contributed by atoms with van der Waals surface area (Å²) in [7, 11) is -2.84. The first-order valence-corrected chi connectivity index (χ1v) is 16.3. The Morgan fingerprint density at radius 1 is 1.05 bits per heavy atom. The second kappa shape index (κ2) is 12.2. The highest BCUT2D eigenvalue weighted by Crippen LogP contribution is 2.33. The fourth-order valence-corrected chi connectivity index (χ4v) is 7.46. The number of halogens is 2. The van der Waals surface area contributed by atoms with Crippen LogP contribution in [0, 0.1) is 11.2 Å². The van der Waals surface area contributed by atoms with Gasteiger partial charge in [-0.15, -0.1) is 0 Å². The predicted molar refractivity (Wildman–Crippen MR) is 154 cm³/mol. The van der Waals surface area contributed by atoms with E-state index >= 15 is 0 Å². The second-order valence-corrected chi connectivity index (χ2v) is 14.3. The highest BCUT2D eigenvalue weighted by atomic mass is 35.5. The number of hydrogen-bond acceptors (Lipinski definition) is 8. The Labute approximate surface area is 235 Å². The number of rotatable bonds is 8. The first-order chi connectivity index (χ1) is 18.7. The molecule has 0 amide bonds. The Hall–Kier alpha value is -2.01. The molecule has 8 nitrogen and oxygen atoms in total. The van der Waals surface area contributed by atoms with Crippen LogP contribution < -0.4 is 16.0 Å². The molecule has 0 unspecified atom stereocenters. The molecule has 0 radical (unpaired) electrons. The molecule has 11 heteroatoms. The fourth-order valence-electron chi connectivity index (χ4n) is 5.77. The third-order valence-corrected chi connectivity index (χ3v) is 10.5. The molecule has 39 heavy (non-hydrogen) atoms. The first kappa shape index (κ1) is 28.5. The smallest absolute Gasteiger partial charge is 0.165 e. The molecule has 0 atom stereocenters. The largest absolute Gasteiger partial charge is 0.381 e. The third-order valence-electron chi connectivity index (χ3n) is 8.47. The van der Waals surface area contributed by atoms with Crippen molar-refractivity contribution in [3.8, 4) is 11.3 Å². The highest BCUT2D eigenvalue weighted by Gasteiger charge is 2.29. The van der Waals surface area contributed by atoms with Gasteiger partial charge in [-0.3, -0.25) is 0 Å². The van der Waals surface area contributed by atoms with Crippen molar-refractivity contribution in [2.24, 2.45) is 5.41 Å². The molecule has 4 heterocycles. The van der Waals surface area contributed by atoms with Crippen LogP contribution in [0.25, 0.3) is 11.3 Å². The van der Waals surface area contributed by atoms with E-state index in [9.17, 15) is 12.8 Å². The molecule has 0 aromatic carbocycles. The van der Waals surface area contributed by atoms with E-state index < -0.39 is 15.7 Å². The zero-order valence-corrected chi connectivity index (χ0v) is 24.1. The maximum absolute atomic E-state index is 14.6. The second-order valence-electron chi connectivity index (χ2n) is 11.6. The molecule has 0 spiro atoms. The Morgan fingerprint density at radius 3 is 2.44 bits per heavy atom. The van der Waals surface area contributed by atoms with Crippen LogP contribution in [0.2, 0.25) is 5.02 Å². The molecule has 2 aliphatic heterocycles. The van der Waals surface area contributed by atoms with Crippen molar-refractivity contribution in [2.45, 2.75) is 76.4 Å². The predicted octanol–water partition coefficient (Wildman–Crippen LogP) is 5.05. The number of anilines is 2. The Balaban J connectivity index is 1.18. The minimum absolute atomic E-state index is 0.0410. The summed E-state index contributed by atoms with van der Waals surface area (Å²) in [5.41, 5.74) is 1.34. The van der Waals surface area contributed by atoms with Gasteiger partial charge in [0.2, 0.25) is 0 Å². The molecule has 3 aliphatic rings. The summed E-state index contributed by atoms with van der Waals surface area (Å²) in [4.78, 5) is 9.06. The Morgan fingerprint density at radius 2 is 1.72 bits per heavy atom. The van der Waals surface area contributed by atoms with Crippen molar-refractivity contribution < 1.29 is 17.5 Å². The van der Waals surface area contributed by atoms with Crippen LogP contribution in [0.1, 0.15) is 58.3 Å². The van der Waals surface area contributed by atoms with Crippen molar-refractivity contribution in [3.05, 3.63) is 35.2 Å². The number of aromatic nitrogens is 2. The van der Waals surface area contributed by atoms with E-state index in [2.05, 4.69) is 32.8 Å². The summed E-state index contributed by atoms with van der Waals surface area (Å²) in [6, 6.07) is 5.96. The molecule has 3 fully saturated rings. The van der Waals surface area contributed by atoms with Gasteiger partial charge in [0.1, 0.15) is 15.7 Å². The van der Waals surface area contributed by atoms with Gasteiger partial charge in [-0.1, -0.05) is 18.5 Å². The lowest BCUT2D eigenvalue weighted by molar-refractivity contribution is 0.0299. The quantitative estimate of drug-likeness (QED) is 0.399. The lowest BCUT2D eigenvalue weighted by Crippen LogP contribution is -2.45. The maximum atomic E-state index is 14.6. The molecule has 2 aromatic rings. The van der Waals surface area contributed by atoms with Crippen LogP contribution in [0.5, 0.6) is 0 Å². The van der Waals surface area contributed by atoms with Gasteiger partial charge >= 0.3 is 0 Å². The highest BCUT2D eigenvalue weighted by molar-refractivity contribution is 7.91. The molecule has 214 valence electrons. The van der Waals surface area contributed by atoms with Crippen LogP contribution in [-0.2, 0) is 14.6 Å². The number of hydrogen-bond donors (Lipinski definition) is 3. The van der Waals surface area contributed by atoms with Gasteiger partial charge in [-0.25, -0.2) is 22.8 Å². The van der Waals surface area contributed by atoms with E-state index in [0.717, 1.165) is 57.6 Å². The van der Waals surface area contributed by atoms with Gasteiger partial charge in [0.15, 0.2) is 11.6 Å². The summed E-state index contributed by atoms with van der Waals surface area (Å²) < 4.78 is 43.5. The lowest BCUT2D eigenvalue weighted by Gasteiger charge is -2.34. The topological polar surface area (TPSA) is 105 Å². The molecule has 0 bridgehead atoms. The molecule has 1 saturated carbocycles. The van der Waals surface area contributed by atoms with Crippen molar-refractivity contribution in [1.82, 2.24) is 15.3 Å². The number of ether oxygens (including phenoxy) is 1. The molecule has 2 saturated heterocycles. The Bertz CT molecular complexity index is 1240. The standard InChI is InChI=1S/C28H39ClFN5O3S/c1-28(10-12-38-13-11-28)18-32-27-24(30)6-7-25(35-27)22-16-26(31-17-23(22)29)34-20-4-2-19(3-5-20)33-21-8-14-39(36,37)15-9-21/h6-7,16-17,19-21,33H,2-5,8-15,18H2,1H3,(H,31,34)(H,32,35)/t19-,20-. The van der Waals surface area contributed by atoms with Crippen LogP contribution >= 0.6 is 11.6 Å². The van der Waals surface area contributed by atoms with Gasteiger partial charge in [0.05, 0.1) is 22.2 Å². The van der Waals surface area contributed by atoms with Gasteiger partial charge in [-0.2, -0.15) is 0 Å². The molecule has 2 aromatic heterocycles. The van der Waals surface area contributed by atoms with Crippen LogP contribution in [0.15, 0.2) is 24.4 Å². The monoisotopic (exact) mass is 579 g/mol. The number of sulfone groups is 1. The number of nitrogens with zero attached hydrogens (tertiary/aromatic N) is 2. The van der Waals surface area contributed by atoms with E-state index in [0.29, 0.717) is 59.3 Å².